The molecule has 0 fully saturated rings. The first kappa shape index (κ1) is 13.9. The highest BCUT2D eigenvalue weighted by Crippen LogP contribution is 2.28. The lowest BCUT2D eigenvalue weighted by Crippen LogP contribution is -2.14. The van der Waals surface area contributed by atoms with Crippen molar-refractivity contribution < 1.29 is 9.94 Å². The average Bonchev–Trinajstić information content (AvgIpc) is 2.43. The Labute approximate surface area is 118 Å². The molecule has 104 valence electrons. The number of amidine groups is 1. The molecule has 0 aromatic heterocycles. The number of benzene rings is 2. The van der Waals surface area contributed by atoms with Crippen molar-refractivity contribution >= 4 is 5.84 Å². The van der Waals surface area contributed by atoms with Crippen LogP contribution in [0, 0.1) is 20.8 Å². The Hall–Kier alpha value is -2.49. The number of hydrogen-bond donors (Lipinski definition) is 2. The molecule has 0 aliphatic carbocycles. The van der Waals surface area contributed by atoms with Crippen LogP contribution >= 0.6 is 0 Å². The van der Waals surface area contributed by atoms with E-state index in [2.05, 4.69) is 18.1 Å². The standard InChI is InChI=1S/C16H18N2O2/c1-10-5-4-6-15(12(10)3)20-13-7-8-14(11(2)9-13)16(17)18-19/h4-9,19H,1-3H3,(H2,17,18). The molecule has 4 nitrogen and oxygen atoms in total. The average molecular weight is 270 g/mol. The van der Waals surface area contributed by atoms with Gasteiger partial charge in [-0.1, -0.05) is 17.3 Å². The van der Waals surface area contributed by atoms with Gasteiger partial charge in [-0.05, 0) is 61.7 Å². The Morgan fingerprint density at radius 2 is 1.85 bits per heavy atom. The Balaban J connectivity index is 2.31. The quantitative estimate of drug-likeness (QED) is 0.388. The molecule has 0 atom stereocenters. The van der Waals surface area contributed by atoms with E-state index in [0.717, 1.165) is 22.6 Å². The molecule has 0 saturated carbocycles. The summed E-state index contributed by atoms with van der Waals surface area (Å²) < 4.78 is 5.90. The zero-order valence-corrected chi connectivity index (χ0v) is 11.8. The molecule has 0 unspecified atom stereocenters. The number of rotatable bonds is 3. The number of ether oxygens (including phenoxy) is 1. The zero-order valence-electron chi connectivity index (χ0n) is 11.8. The number of nitrogens with zero attached hydrogens (tertiary/aromatic N) is 1. The Kier molecular flexibility index (Phi) is 3.94. The normalized spacial score (nSPS) is 11.4. The summed E-state index contributed by atoms with van der Waals surface area (Å²) in [5.74, 6) is 1.66. The lowest BCUT2D eigenvalue weighted by Gasteiger charge is -2.12. The first-order valence-corrected chi connectivity index (χ1v) is 6.35. The van der Waals surface area contributed by atoms with E-state index in [0.29, 0.717) is 5.56 Å². The fraction of sp³-hybridized carbons (Fsp3) is 0.188. The van der Waals surface area contributed by atoms with Crippen LogP contribution in [0.25, 0.3) is 0 Å². The molecule has 4 heteroatoms. The van der Waals surface area contributed by atoms with Crippen molar-refractivity contribution in [3.8, 4) is 11.5 Å². The molecule has 0 heterocycles. The molecule has 0 spiro atoms. The number of nitrogens with two attached hydrogens (primary N) is 1. The van der Waals surface area contributed by atoms with Crippen molar-refractivity contribution in [1.82, 2.24) is 0 Å². The van der Waals surface area contributed by atoms with E-state index in [9.17, 15) is 0 Å². The van der Waals surface area contributed by atoms with Crippen molar-refractivity contribution in [2.75, 3.05) is 0 Å². The van der Waals surface area contributed by atoms with Gasteiger partial charge in [-0.2, -0.15) is 0 Å². The Bertz CT molecular complexity index is 664. The summed E-state index contributed by atoms with van der Waals surface area (Å²) in [6.45, 7) is 5.97. The van der Waals surface area contributed by atoms with Crippen molar-refractivity contribution in [3.05, 3.63) is 58.7 Å². The van der Waals surface area contributed by atoms with Gasteiger partial charge in [0.25, 0.3) is 0 Å². The molecule has 0 radical (unpaired) electrons. The third-order valence-electron chi connectivity index (χ3n) is 3.36. The molecule has 20 heavy (non-hydrogen) atoms. The van der Waals surface area contributed by atoms with E-state index < -0.39 is 0 Å². The second-order valence-electron chi connectivity index (χ2n) is 4.76. The third kappa shape index (κ3) is 2.74. The molecular formula is C16H18N2O2. The van der Waals surface area contributed by atoms with Gasteiger partial charge in [0.2, 0.25) is 0 Å². The van der Waals surface area contributed by atoms with Crippen molar-refractivity contribution in [3.63, 3.8) is 0 Å². The van der Waals surface area contributed by atoms with Crippen LogP contribution < -0.4 is 10.5 Å². The van der Waals surface area contributed by atoms with Crippen LogP contribution in [0.2, 0.25) is 0 Å². The van der Waals surface area contributed by atoms with Crippen molar-refractivity contribution in [2.45, 2.75) is 20.8 Å². The van der Waals surface area contributed by atoms with Crippen LogP contribution in [0.5, 0.6) is 11.5 Å². The minimum atomic E-state index is 0.0980. The zero-order chi connectivity index (χ0) is 14.7. The maximum absolute atomic E-state index is 8.72. The topological polar surface area (TPSA) is 67.8 Å². The van der Waals surface area contributed by atoms with Gasteiger partial charge in [-0.25, -0.2) is 0 Å². The minimum Gasteiger partial charge on any atom is -0.457 e. The molecule has 2 aromatic rings. The smallest absolute Gasteiger partial charge is 0.170 e. The highest BCUT2D eigenvalue weighted by Gasteiger charge is 2.07. The summed E-state index contributed by atoms with van der Waals surface area (Å²) in [5.41, 5.74) is 9.49. The van der Waals surface area contributed by atoms with Gasteiger partial charge in [0, 0.05) is 5.56 Å². The van der Waals surface area contributed by atoms with Crippen LogP contribution in [0.1, 0.15) is 22.3 Å². The largest absolute Gasteiger partial charge is 0.457 e. The highest BCUT2D eigenvalue weighted by molar-refractivity contribution is 5.98. The van der Waals surface area contributed by atoms with Crippen molar-refractivity contribution in [2.24, 2.45) is 10.9 Å². The van der Waals surface area contributed by atoms with E-state index in [4.69, 9.17) is 15.7 Å². The summed E-state index contributed by atoms with van der Waals surface area (Å²) >= 11 is 0. The predicted molar refractivity (Wildman–Crippen MR) is 79.7 cm³/mol. The number of aryl methyl sites for hydroxylation is 2. The summed E-state index contributed by atoms with van der Waals surface area (Å²) in [7, 11) is 0. The van der Waals surface area contributed by atoms with E-state index in [1.165, 1.54) is 5.56 Å². The van der Waals surface area contributed by atoms with Gasteiger partial charge in [0.1, 0.15) is 11.5 Å². The van der Waals surface area contributed by atoms with E-state index in [1.54, 1.807) is 6.07 Å². The summed E-state index contributed by atoms with van der Waals surface area (Å²) in [6.07, 6.45) is 0. The SMILES string of the molecule is Cc1cc(Oc2cccc(C)c2C)ccc1/C(N)=N/O. The second kappa shape index (κ2) is 5.65. The fourth-order valence-corrected chi connectivity index (χ4v) is 2.00. The fourth-order valence-electron chi connectivity index (χ4n) is 2.00. The molecule has 0 aliphatic heterocycles. The van der Waals surface area contributed by atoms with Crippen LogP contribution in [0.3, 0.4) is 0 Å². The van der Waals surface area contributed by atoms with Gasteiger partial charge in [-0.15, -0.1) is 0 Å². The molecule has 0 aliphatic rings. The number of oxime groups is 1. The van der Waals surface area contributed by atoms with Crippen LogP contribution in [-0.4, -0.2) is 11.0 Å². The molecule has 3 N–H and O–H groups in total. The minimum absolute atomic E-state index is 0.0980. The lowest BCUT2D eigenvalue weighted by atomic mass is 10.1. The maximum atomic E-state index is 8.72. The predicted octanol–water partition coefficient (Wildman–Crippen LogP) is 3.50. The summed E-state index contributed by atoms with van der Waals surface area (Å²) in [6, 6.07) is 11.4. The van der Waals surface area contributed by atoms with Crippen LogP contribution in [0.4, 0.5) is 0 Å². The third-order valence-corrected chi connectivity index (χ3v) is 3.36. The first-order valence-electron chi connectivity index (χ1n) is 6.35. The van der Waals surface area contributed by atoms with Gasteiger partial charge in [0.05, 0.1) is 0 Å². The first-order chi connectivity index (χ1) is 9.52. The molecule has 0 amide bonds. The van der Waals surface area contributed by atoms with E-state index in [-0.39, 0.29) is 5.84 Å². The summed E-state index contributed by atoms with van der Waals surface area (Å²) in [4.78, 5) is 0. The van der Waals surface area contributed by atoms with E-state index >= 15 is 0 Å². The van der Waals surface area contributed by atoms with Gasteiger partial charge in [-0.3, -0.25) is 0 Å². The molecule has 2 rings (SSSR count). The summed E-state index contributed by atoms with van der Waals surface area (Å²) in [5, 5.41) is 11.7. The molecule has 0 bridgehead atoms. The van der Waals surface area contributed by atoms with E-state index in [1.807, 2.05) is 38.1 Å². The monoisotopic (exact) mass is 270 g/mol. The second-order valence-corrected chi connectivity index (χ2v) is 4.76. The van der Waals surface area contributed by atoms with Gasteiger partial charge < -0.3 is 15.7 Å². The Morgan fingerprint density at radius 1 is 1.10 bits per heavy atom. The molecule has 0 saturated heterocycles. The maximum Gasteiger partial charge on any atom is 0.170 e. The number of hydrogen-bond acceptors (Lipinski definition) is 3. The molecule has 2 aromatic carbocycles. The van der Waals surface area contributed by atoms with Gasteiger partial charge >= 0.3 is 0 Å². The lowest BCUT2D eigenvalue weighted by molar-refractivity contribution is 0.318. The Morgan fingerprint density at radius 3 is 2.50 bits per heavy atom. The highest BCUT2D eigenvalue weighted by atomic mass is 16.5. The molecular weight excluding hydrogens is 252 g/mol. The van der Waals surface area contributed by atoms with Crippen LogP contribution in [-0.2, 0) is 0 Å². The van der Waals surface area contributed by atoms with Gasteiger partial charge in [0.15, 0.2) is 5.84 Å². The van der Waals surface area contributed by atoms with Crippen molar-refractivity contribution in [1.29, 1.82) is 0 Å². The van der Waals surface area contributed by atoms with Crippen LogP contribution in [0.15, 0.2) is 41.6 Å².